The maximum Gasteiger partial charge on any atom is 0.0287 e. The molecule has 0 saturated heterocycles. The van der Waals surface area contributed by atoms with Gasteiger partial charge in [0, 0.05) is 11.0 Å². The Morgan fingerprint density at radius 3 is 2.31 bits per heavy atom. The molecule has 0 heterocycles. The van der Waals surface area contributed by atoms with Crippen LogP contribution < -0.4 is 0 Å². The van der Waals surface area contributed by atoms with Gasteiger partial charge in [-0.2, -0.15) is 0 Å². The van der Waals surface area contributed by atoms with Crippen molar-refractivity contribution < 1.29 is 0 Å². The molecule has 0 amide bonds. The molecule has 1 aromatic rings. The van der Waals surface area contributed by atoms with E-state index in [0.29, 0.717) is 5.92 Å². The first kappa shape index (κ1) is 27.8. The zero-order chi connectivity index (χ0) is 28.7. The molecule has 3 atom stereocenters. The Balaban J connectivity index is 1.75. The number of hydrogen-bond donors (Lipinski definition) is 0. The molecule has 0 spiro atoms. The molecule has 0 N–H and O–H groups in total. The fraction of sp³-hybridized carbons (Fsp3) is 0.487. The molecule has 204 valence electrons. The molecule has 4 aliphatic rings. The monoisotopic (exact) mass is 516 g/mol. The van der Waals surface area contributed by atoms with Crippen LogP contribution in [0, 0.1) is 35.0 Å². The van der Waals surface area contributed by atoms with Crippen molar-refractivity contribution >= 4 is 5.57 Å². The lowest BCUT2D eigenvalue weighted by atomic mass is 9.41. The smallest absolute Gasteiger partial charge is 0.0287 e. The lowest BCUT2D eigenvalue weighted by Crippen LogP contribution is -2.52. The van der Waals surface area contributed by atoms with Crippen LogP contribution in [0.15, 0.2) is 70.9 Å². The fourth-order valence-corrected chi connectivity index (χ4v) is 9.20. The normalized spacial score (nSPS) is 30.1. The van der Waals surface area contributed by atoms with Gasteiger partial charge in [-0.05, 0) is 139 Å². The quantitative estimate of drug-likeness (QED) is 0.343. The molecule has 4 aliphatic carbocycles. The SMILES string of the molecule is C=C(C)C1=C(C)C[C@@]2(C)C[C@@]3(C)Cc4c(C(C)C)cc(C#CC5=CCCC5)c(C)c4C(=C)C3=C(C)[C@@]2(C)C1=C. The topological polar surface area (TPSA) is 0 Å². The molecule has 0 saturated carbocycles. The fourth-order valence-electron chi connectivity index (χ4n) is 9.20. The summed E-state index contributed by atoms with van der Waals surface area (Å²) in [6.07, 6.45) is 9.12. The van der Waals surface area contributed by atoms with Crippen molar-refractivity contribution in [3.8, 4) is 11.8 Å². The lowest BCUT2D eigenvalue weighted by Gasteiger charge is -2.62. The van der Waals surface area contributed by atoms with Crippen LogP contribution >= 0.6 is 0 Å². The largest absolute Gasteiger partial charge is 0.0955 e. The third kappa shape index (κ3) is 3.87. The van der Waals surface area contributed by atoms with Crippen LogP contribution in [0.1, 0.15) is 121 Å². The molecule has 0 bridgehead atoms. The van der Waals surface area contributed by atoms with E-state index in [1.54, 1.807) is 0 Å². The van der Waals surface area contributed by atoms with E-state index in [-0.39, 0.29) is 16.2 Å². The first-order valence-corrected chi connectivity index (χ1v) is 15.0. The first-order chi connectivity index (χ1) is 18.2. The standard InChI is InChI=1S/C39H48/c1-23(2)32-19-31(18-17-30-15-13-14-16-30)26(6)35-27(7)36-29(9)39(12)28(8)34(24(3)4)25(5)20-38(39,11)22-37(36,10)21-33(32)35/h15,19,23H,3,7-8,13-14,16,20-22H2,1-2,4-6,9-12H3/t37-,38+,39-/m1/s1. The van der Waals surface area contributed by atoms with E-state index < -0.39 is 0 Å². The minimum absolute atomic E-state index is 0.0433. The predicted octanol–water partition coefficient (Wildman–Crippen LogP) is 10.7. The van der Waals surface area contributed by atoms with Crippen LogP contribution in [-0.4, -0.2) is 0 Å². The molecule has 0 aliphatic heterocycles. The molecule has 0 heteroatoms. The van der Waals surface area contributed by atoms with Gasteiger partial charge in [-0.15, -0.1) is 0 Å². The van der Waals surface area contributed by atoms with Crippen molar-refractivity contribution in [2.24, 2.45) is 16.2 Å². The molecule has 5 rings (SSSR count). The van der Waals surface area contributed by atoms with Crippen molar-refractivity contribution in [3.63, 3.8) is 0 Å². The van der Waals surface area contributed by atoms with Gasteiger partial charge in [0.05, 0.1) is 0 Å². The zero-order valence-corrected chi connectivity index (χ0v) is 26.1. The summed E-state index contributed by atoms with van der Waals surface area (Å²) in [5.41, 5.74) is 17.4. The van der Waals surface area contributed by atoms with Crippen molar-refractivity contribution in [1.82, 2.24) is 0 Å². The number of fused-ring (bicyclic) bond motifs is 3. The molecular weight excluding hydrogens is 468 g/mol. The highest BCUT2D eigenvalue weighted by Crippen LogP contribution is 2.70. The van der Waals surface area contributed by atoms with Gasteiger partial charge in [0.25, 0.3) is 0 Å². The lowest BCUT2D eigenvalue weighted by molar-refractivity contribution is 0.0543. The van der Waals surface area contributed by atoms with Gasteiger partial charge in [0.2, 0.25) is 0 Å². The van der Waals surface area contributed by atoms with E-state index >= 15 is 0 Å². The average molecular weight is 517 g/mol. The molecule has 0 unspecified atom stereocenters. The van der Waals surface area contributed by atoms with Crippen LogP contribution in [0.2, 0.25) is 0 Å². The summed E-state index contributed by atoms with van der Waals surface area (Å²) in [5.74, 6) is 7.55. The number of hydrogen-bond acceptors (Lipinski definition) is 0. The molecular formula is C39H48. The Bertz CT molecular complexity index is 1500. The van der Waals surface area contributed by atoms with Gasteiger partial charge in [-0.3, -0.25) is 0 Å². The third-order valence-corrected chi connectivity index (χ3v) is 11.1. The van der Waals surface area contributed by atoms with Gasteiger partial charge >= 0.3 is 0 Å². The third-order valence-electron chi connectivity index (χ3n) is 11.1. The Labute approximate surface area is 238 Å². The Hall–Kier alpha value is -2.78. The summed E-state index contributed by atoms with van der Waals surface area (Å²) in [7, 11) is 0. The maximum atomic E-state index is 4.88. The minimum Gasteiger partial charge on any atom is -0.0955 e. The van der Waals surface area contributed by atoms with E-state index in [1.807, 2.05) is 0 Å². The molecule has 0 aromatic heterocycles. The van der Waals surface area contributed by atoms with E-state index in [9.17, 15) is 0 Å². The van der Waals surface area contributed by atoms with Gasteiger partial charge in [-0.25, -0.2) is 0 Å². The van der Waals surface area contributed by atoms with Crippen LogP contribution in [0.5, 0.6) is 0 Å². The Morgan fingerprint density at radius 1 is 1.03 bits per heavy atom. The average Bonchev–Trinajstić information content (AvgIpc) is 3.34. The van der Waals surface area contributed by atoms with Gasteiger partial charge < -0.3 is 0 Å². The summed E-state index contributed by atoms with van der Waals surface area (Å²) in [5, 5.41) is 0. The minimum atomic E-state index is -0.128. The summed E-state index contributed by atoms with van der Waals surface area (Å²) in [4.78, 5) is 0. The first-order valence-electron chi connectivity index (χ1n) is 15.0. The second-order valence-electron chi connectivity index (χ2n) is 14.2. The van der Waals surface area contributed by atoms with E-state index in [2.05, 4.69) is 92.9 Å². The molecule has 39 heavy (non-hydrogen) atoms. The summed E-state index contributed by atoms with van der Waals surface area (Å²) in [6.45, 7) is 35.3. The number of allylic oxidation sites excluding steroid dienone is 9. The van der Waals surface area contributed by atoms with Crippen molar-refractivity contribution in [2.45, 2.75) is 107 Å². The second kappa shape index (κ2) is 9.13. The highest BCUT2D eigenvalue weighted by atomic mass is 14.6. The Kier molecular flexibility index (Phi) is 6.50. The molecule has 0 radical (unpaired) electrons. The van der Waals surface area contributed by atoms with Crippen LogP contribution in [-0.2, 0) is 6.42 Å². The molecule has 0 nitrogen and oxygen atoms in total. The second-order valence-corrected chi connectivity index (χ2v) is 14.2. The van der Waals surface area contributed by atoms with Crippen molar-refractivity contribution in [3.05, 3.63) is 98.7 Å². The zero-order valence-electron chi connectivity index (χ0n) is 26.1. The van der Waals surface area contributed by atoms with Gasteiger partial charge in [0.1, 0.15) is 0 Å². The Morgan fingerprint density at radius 2 is 1.72 bits per heavy atom. The summed E-state index contributed by atoms with van der Waals surface area (Å²) < 4.78 is 0. The van der Waals surface area contributed by atoms with Gasteiger partial charge in [0.15, 0.2) is 0 Å². The molecule has 1 aromatic carbocycles. The van der Waals surface area contributed by atoms with Crippen molar-refractivity contribution in [2.75, 3.05) is 0 Å². The highest BCUT2D eigenvalue weighted by Gasteiger charge is 2.59. The number of benzene rings is 1. The van der Waals surface area contributed by atoms with Crippen LogP contribution in [0.25, 0.3) is 5.57 Å². The van der Waals surface area contributed by atoms with E-state index in [4.69, 9.17) is 13.2 Å². The predicted molar refractivity (Wildman–Crippen MR) is 170 cm³/mol. The van der Waals surface area contributed by atoms with Crippen LogP contribution in [0.3, 0.4) is 0 Å². The van der Waals surface area contributed by atoms with Crippen LogP contribution in [0.4, 0.5) is 0 Å². The van der Waals surface area contributed by atoms with Gasteiger partial charge in [-0.1, -0.05) is 89.0 Å². The number of rotatable bonds is 2. The molecule has 0 fully saturated rings. The van der Waals surface area contributed by atoms with Crippen molar-refractivity contribution in [1.29, 1.82) is 0 Å². The van der Waals surface area contributed by atoms with E-state index in [0.717, 1.165) is 37.7 Å². The van der Waals surface area contributed by atoms with E-state index in [1.165, 1.54) is 73.2 Å². The highest BCUT2D eigenvalue weighted by molar-refractivity contribution is 5.88. The summed E-state index contributed by atoms with van der Waals surface area (Å²) >= 11 is 0. The summed E-state index contributed by atoms with van der Waals surface area (Å²) in [6, 6.07) is 2.41. The maximum absolute atomic E-state index is 4.88.